The number of nitrogens with zero attached hydrogens (tertiary/aromatic N) is 2. The Kier molecular flexibility index (Phi) is 3.98. The lowest BCUT2D eigenvalue weighted by molar-refractivity contribution is 1.08. The Hall–Kier alpha value is -2.36. The molecule has 21 heavy (non-hydrogen) atoms. The standard InChI is InChI=1S/C17H22N4/c1-10-6-7-14(11(2)8-10)21(5)15-9-12(3)20-13(4)16(15)17(18)19/h6-9H,1-5H3,(H3,18,19). The van der Waals surface area contributed by atoms with Crippen LogP contribution in [0.15, 0.2) is 24.3 Å². The van der Waals surface area contributed by atoms with Gasteiger partial charge in [0, 0.05) is 18.4 Å². The number of nitrogens with two attached hydrogens (primary N) is 1. The molecule has 0 amide bonds. The minimum Gasteiger partial charge on any atom is -0.384 e. The molecule has 0 unspecified atom stereocenters. The number of hydrogen-bond donors (Lipinski definition) is 2. The highest BCUT2D eigenvalue weighted by Crippen LogP contribution is 2.31. The van der Waals surface area contributed by atoms with Crippen molar-refractivity contribution in [2.24, 2.45) is 5.73 Å². The van der Waals surface area contributed by atoms with Gasteiger partial charge in [-0.15, -0.1) is 0 Å². The largest absolute Gasteiger partial charge is 0.384 e. The Balaban J connectivity index is 2.62. The van der Waals surface area contributed by atoms with Crippen molar-refractivity contribution in [3.8, 4) is 0 Å². The number of hydrogen-bond acceptors (Lipinski definition) is 3. The summed E-state index contributed by atoms with van der Waals surface area (Å²) in [6, 6.07) is 8.32. The van der Waals surface area contributed by atoms with Crippen LogP contribution in [0, 0.1) is 33.1 Å². The van der Waals surface area contributed by atoms with Crippen molar-refractivity contribution in [3.05, 3.63) is 52.3 Å². The van der Waals surface area contributed by atoms with Crippen molar-refractivity contribution in [1.29, 1.82) is 5.41 Å². The summed E-state index contributed by atoms with van der Waals surface area (Å²) in [6.45, 7) is 8.02. The van der Waals surface area contributed by atoms with Crippen LogP contribution >= 0.6 is 0 Å². The lowest BCUT2D eigenvalue weighted by Gasteiger charge is -2.25. The molecule has 0 aliphatic rings. The third-order valence-corrected chi connectivity index (χ3v) is 3.65. The molecule has 110 valence electrons. The van der Waals surface area contributed by atoms with Gasteiger partial charge in [-0.1, -0.05) is 17.7 Å². The Morgan fingerprint density at radius 2 is 1.76 bits per heavy atom. The molecule has 4 heteroatoms. The molecule has 0 radical (unpaired) electrons. The van der Waals surface area contributed by atoms with Crippen LogP contribution in [0.3, 0.4) is 0 Å². The third-order valence-electron chi connectivity index (χ3n) is 3.65. The van der Waals surface area contributed by atoms with Gasteiger partial charge in [0.1, 0.15) is 5.84 Å². The van der Waals surface area contributed by atoms with Crippen LogP contribution in [0.2, 0.25) is 0 Å². The van der Waals surface area contributed by atoms with Crippen LogP contribution in [0.4, 0.5) is 11.4 Å². The summed E-state index contributed by atoms with van der Waals surface area (Å²) in [6.07, 6.45) is 0. The molecule has 0 saturated heterocycles. The average molecular weight is 282 g/mol. The number of anilines is 2. The summed E-state index contributed by atoms with van der Waals surface area (Å²) < 4.78 is 0. The molecule has 2 aromatic rings. The molecule has 0 aliphatic carbocycles. The molecular weight excluding hydrogens is 260 g/mol. The normalized spacial score (nSPS) is 10.5. The number of nitrogen functional groups attached to an aromatic ring is 1. The van der Waals surface area contributed by atoms with Crippen LogP contribution < -0.4 is 10.6 Å². The minimum atomic E-state index is 0.0478. The molecule has 0 bridgehead atoms. The van der Waals surface area contributed by atoms with E-state index in [1.807, 2.05) is 27.0 Å². The fourth-order valence-corrected chi connectivity index (χ4v) is 2.72. The van der Waals surface area contributed by atoms with Gasteiger partial charge >= 0.3 is 0 Å². The molecule has 0 saturated carbocycles. The van der Waals surface area contributed by atoms with Crippen molar-refractivity contribution in [2.45, 2.75) is 27.7 Å². The summed E-state index contributed by atoms with van der Waals surface area (Å²) in [5, 5.41) is 7.84. The van der Waals surface area contributed by atoms with Gasteiger partial charge in [0.2, 0.25) is 0 Å². The van der Waals surface area contributed by atoms with Crippen LogP contribution in [-0.4, -0.2) is 17.9 Å². The van der Waals surface area contributed by atoms with E-state index in [4.69, 9.17) is 11.1 Å². The molecule has 0 spiro atoms. The van der Waals surface area contributed by atoms with Gasteiger partial charge < -0.3 is 10.6 Å². The fourth-order valence-electron chi connectivity index (χ4n) is 2.72. The molecule has 0 aliphatic heterocycles. The Labute approximate surface area is 126 Å². The van der Waals surface area contributed by atoms with E-state index < -0.39 is 0 Å². The van der Waals surface area contributed by atoms with E-state index in [1.54, 1.807) is 0 Å². The summed E-state index contributed by atoms with van der Waals surface area (Å²) >= 11 is 0. The summed E-state index contributed by atoms with van der Waals surface area (Å²) in [5.41, 5.74) is 12.6. The first-order valence-electron chi connectivity index (χ1n) is 6.95. The summed E-state index contributed by atoms with van der Waals surface area (Å²) in [5.74, 6) is 0.0478. The third kappa shape index (κ3) is 2.89. The number of benzene rings is 1. The van der Waals surface area contributed by atoms with E-state index in [0.29, 0.717) is 5.56 Å². The highest BCUT2D eigenvalue weighted by Gasteiger charge is 2.16. The van der Waals surface area contributed by atoms with Gasteiger partial charge in [-0.3, -0.25) is 10.4 Å². The van der Waals surface area contributed by atoms with Crippen LogP contribution in [0.5, 0.6) is 0 Å². The monoisotopic (exact) mass is 282 g/mol. The first kappa shape index (κ1) is 15.0. The topological polar surface area (TPSA) is 66.0 Å². The van der Waals surface area contributed by atoms with E-state index in [1.165, 1.54) is 11.1 Å². The lowest BCUT2D eigenvalue weighted by Crippen LogP contribution is -2.21. The summed E-state index contributed by atoms with van der Waals surface area (Å²) in [4.78, 5) is 6.50. The van der Waals surface area contributed by atoms with Gasteiger partial charge in [-0.05, 0) is 45.4 Å². The number of rotatable bonds is 3. The Morgan fingerprint density at radius 1 is 1.10 bits per heavy atom. The number of aryl methyl sites for hydroxylation is 4. The van der Waals surface area contributed by atoms with E-state index in [2.05, 4.69) is 41.9 Å². The molecule has 2 rings (SSSR count). The smallest absolute Gasteiger partial charge is 0.126 e. The lowest BCUT2D eigenvalue weighted by atomic mass is 10.1. The average Bonchev–Trinajstić information content (AvgIpc) is 2.36. The van der Waals surface area contributed by atoms with E-state index in [9.17, 15) is 0 Å². The molecule has 4 nitrogen and oxygen atoms in total. The molecule has 0 atom stereocenters. The summed E-state index contributed by atoms with van der Waals surface area (Å²) in [7, 11) is 2.00. The zero-order valence-electron chi connectivity index (χ0n) is 13.3. The highest BCUT2D eigenvalue weighted by molar-refractivity contribution is 6.02. The van der Waals surface area contributed by atoms with E-state index in [0.717, 1.165) is 22.8 Å². The van der Waals surface area contributed by atoms with Gasteiger partial charge in [0.25, 0.3) is 0 Å². The zero-order chi connectivity index (χ0) is 15.7. The molecule has 0 fully saturated rings. The minimum absolute atomic E-state index is 0.0478. The number of amidine groups is 1. The van der Waals surface area contributed by atoms with Crippen LogP contribution in [0.25, 0.3) is 0 Å². The predicted molar refractivity (Wildman–Crippen MR) is 88.7 cm³/mol. The first-order valence-corrected chi connectivity index (χ1v) is 6.95. The second kappa shape index (κ2) is 5.56. The first-order chi connectivity index (χ1) is 9.81. The molecule has 1 aromatic carbocycles. The second-order valence-corrected chi connectivity index (χ2v) is 5.51. The molecular formula is C17H22N4. The highest BCUT2D eigenvalue weighted by atomic mass is 15.1. The van der Waals surface area contributed by atoms with Crippen molar-refractivity contribution in [3.63, 3.8) is 0 Å². The second-order valence-electron chi connectivity index (χ2n) is 5.51. The van der Waals surface area contributed by atoms with Crippen molar-refractivity contribution >= 4 is 17.2 Å². The van der Waals surface area contributed by atoms with Gasteiger partial charge in [0.15, 0.2) is 0 Å². The van der Waals surface area contributed by atoms with E-state index >= 15 is 0 Å². The zero-order valence-corrected chi connectivity index (χ0v) is 13.3. The number of aromatic nitrogens is 1. The number of nitrogens with one attached hydrogen (secondary N) is 1. The Morgan fingerprint density at radius 3 is 2.33 bits per heavy atom. The predicted octanol–water partition coefficient (Wildman–Crippen LogP) is 3.37. The van der Waals surface area contributed by atoms with Crippen molar-refractivity contribution < 1.29 is 0 Å². The number of pyridine rings is 1. The molecule has 1 heterocycles. The van der Waals surface area contributed by atoms with Crippen molar-refractivity contribution in [2.75, 3.05) is 11.9 Å². The SMILES string of the molecule is Cc1ccc(N(C)c2cc(C)nc(C)c2C(=N)N)c(C)c1. The van der Waals surface area contributed by atoms with Crippen molar-refractivity contribution in [1.82, 2.24) is 4.98 Å². The maximum Gasteiger partial charge on any atom is 0.126 e. The fraction of sp³-hybridized carbons (Fsp3) is 0.294. The maximum absolute atomic E-state index is 7.84. The van der Waals surface area contributed by atoms with Gasteiger partial charge in [0.05, 0.1) is 16.9 Å². The molecule has 1 aromatic heterocycles. The van der Waals surface area contributed by atoms with E-state index in [-0.39, 0.29) is 5.84 Å². The maximum atomic E-state index is 7.84. The van der Waals surface area contributed by atoms with Crippen LogP contribution in [0.1, 0.15) is 28.1 Å². The van der Waals surface area contributed by atoms with Gasteiger partial charge in [-0.2, -0.15) is 0 Å². The van der Waals surface area contributed by atoms with Crippen LogP contribution in [-0.2, 0) is 0 Å². The quantitative estimate of drug-likeness (QED) is 0.670. The Bertz CT molecular complexity index is 704. The molecule has 3 N–H and O–H groups in total. The van der Waals surface area contributed by atoms with Gasteiger partial charge in [-0.25, -0.2) is 0 Å².